The minimum Gasteiger partial charge on any atom is -0.352 e. The van der Waals surface area contributed by atoms with Crippen LogP contribution in [-0.2, 0) is 11.3 Å². The van der Waals surface area contributed by atoms with Gasteiger partial charge in [-0.05, 0) is 30.2 Å². The second-order valence-electron chi connectivity index (χ2n) is 5.75. The molecule has 3 rings (SSSR count). The number of fused-ring (bicyclic) bond motifs is 1. The highest BCUT2D eigenvalue weighted by Gasteiger charge is 2.22. The Morgan fingerprint density at radius 2 is 2.29 bits per heavy atom. The molecule has 0 saturated heterocycles. The first kappa shape index (κ1) is 14.3. The number of hydrogen-bond acceptors (Lipinski definition) is 4. The Morgan fingerprint density at radius 3 is 3.10 bits per heavy atom. The van der Waals surface area contributed by atoms with Crippen LogP contribution in [0.15, 0.2) is 22.6 Å². The van der Waals surface area contributed by atoms with Crippen LogP contribution in [0.1, 0.15) is 32.6 Å². The quantitative estimate of drug-likeness (QED) is 0.945. The van der Waals surface area contributed by atoms with Crippen LogP contribution >= 0.6 is 11.3 Å². The summed E-state index contributed by atoms with van der Waals surface area (Å²) >= 11 is 1.43. The Kier molecular flexibility index (Phi) is 4.05. The first-order valence-corrected chi connectivity index (χ1v) is 8.25. The topological polar surface area (TPSA) is 64.0 Å². The van der Waals surface area contributed by atoms with Gasteiger partial charge in [-0.2, -0.15) is 0 Å². The molecule has 0 bridgehead atoms. The Hall–Kier alpha value is -1.69. The van der Waals surface area contributed by atoms with Crippen LogP contribution in [0, 0.1) is 5.92 Å². The summed E-state index contributed by atoms with van der Waals surface area (Å²) in [5.74, 6) is 0.407. The van der Waals surface area contributed by atoms with Crippen molar-refractivity contribution in [1.82, 2.24) is 14.9 Å². The van der Waals surface area contributed by atoms with Gasteiger partial charge in [-0.3, -0.25) is 14.2 Å². The standard InChI is InChI=1S/C15H19N3O2S/c1-10-4-2-3-5-12(10)17-13(19)8-18-9-16-14-11(15(18)20)6-7-21-14/h6-7,9-10,12H,2-5,8H2,1H3,(H,17,19). The predicted molar refractivity (Wildman–Crippen MR) is 83.4 cm³/mol. The van der Waals surface area contributed by atoms with Gasteiger partial charge in [-0.1, -0.05) is 19.8 Å². The average molecular weight is 305 g/mol. The second kappa shape index (κ2) is 5.97. The number of carbonyl (C=O) groups is 1. The molecule has 1 amide bonds. The van der Waals surface area contributed by atoms with Crippen LogP contribution in [0.2, 0.25) is 0 Å². The van der Waals surface area contributed by atoms with Crippen molar-refractivity contribution in [3.63, 3.8) is 0 Å². The van der Waals surface area contributed by atoms with E-state index in [9.17, 15) is 9.59 Å². The maximum absolute atomic E-state index is 12.2. The Bertz CT molecular complexity index is 706. The summed E-state index contributed by atoms with van der Waals surface area (Å²) in [6.45, 7) is 2.22. The lowest BCUT2D eigenvalue weighted by molar-refractivity contribution is -0.123. The fraction of sp³-hybridized carbons (Fsp3) is 0.533. The van der Waals surface area contributed by atoms with Crippen molar-refractivity contribution >= 4 is 27.5 Å². The molecule has 1 aliphatic carbocycles. The molecule has 5 nitrogen and oxygen atoms in total. The minimum absolute atomic E-state index is 0.0425. The van der Waals surface area contributed by atoms with Gasteiger partial charge in [0.25, 0.3) is 5.56 Å². The largest absolute Gasteiger partial charge is 0.352 e. The molecule has 0 aromatic carbocycles. The lowest BCUT2D eigenvalue weighted by Crippen LogP contribution is -2.43. The van der Waals surface area contributed by atoms with Crippen molar-refractivity contribution in [2.75, 3.05) is 0 Å². The molecule has 112 valence electrons. The smallest absolute Gasteiger partial charge is 0.262 e. The van der Waals surface area contributed by atoms with Crippen LogP contribution in [-0.4, -0.2) is 21.5 Å². The van der Waals surface area contributed by atoms with Gasteiger partial charge in [-0.15, -0.1) is 11.3 Å². The minimum atomic E-state index is -0.145. The first-order chi connectivity index (χ1) is 10.1. The lowest BCUT2D eigenvalue weighted by atomic mass is 9.86. The highest BCUT2D eigenvalue weighted by Crippen LogP contribution is 2.23. The molecule has 2 aromatic heterocycles. The maximum Gasteiger partial charge on any atom is 0.262 e. The molecule has 2 heterocycles. The predicted octanol–water partition coefficient (Wildman–Crippen LogP) is 2.15. The van der Waals surface area contributed by atoms with E-state index < -0.39 is 0 Å². The molecule has 1 saturated carbocycles. The number of nitrogens with zero attached hydrogens (tertiary/aromatic N) is 2. The van der Waals surface area contributed by atoms with Crippen LogP contribution in [0.4, 0.5) is 0 Å². The van der Waals surface area contributed by atoms with Crippen molar-refractivity contribution in [3.05, 3.63) is 28.1 Å². The fourth-order valence-electron chi connectivity index (χ4n) is 2.94. The second-order valence-corrected chi connectivity index (χ2v) is 6.65. The summed E-state index contributed by atoms with van der Waals surface area (Å²) in [5.41, 5.74) is -0.145. The van der Waals surface area contributed by atoms with Crippen molar-refractivity contribution in [2.45, 2.75) is 45.2 Å². The third-order valence-corrected chi connectivity index (χ3v) is 5.04. The molecule has 6 heteroatoms. The van der Waals surface area contributed by atoms with Gasteiger partial charge in [0, 0.05) is 6.04 Å². The van der Waals surface area contributed by atoms with E-state index in [1.807, 2.05) is 5.38 Å². The van der Waals surface area contributed by atoms with E-state index in [2.05, 4.69) is 17.2 Å². The molecule has 1 aliphatic rings. The molecule has 2 unspecified atom stereocenters. The normalized spacial score (nSPS) is 22.3. The number of amides is 1. The molecule has 2 atom stereocenters. The van der Waals surface area contributed by atoms with Crippen LogP contribution in [0.25, 0.3) is 10.2 Å². The summed E-state index contributed by atoms with van der Waals surface area (Å²) in [4.78, 5) is 29.3. The summed E-state index contributed by atoms with van der Waals surface area (Å²) in [5, 5.41) is 5.49. The third kappa shape index (κ3) is 3.00. The maximum atomic E-state index is 12.2. The van der Waals surface area contributed by atoms with Gasteiger partial charge >= 0.3 is 0 Å². The van der Waals surface area contributed by atoms with Gasteiger partial charge in [0.1, 0.15) is 11.4 Å². The third-order valence-electron chi connectivity index (χ3n) is 4.22. The fourth-order valence-corrected chi connectivity index (χ4v) is 3.67. The van der Waals surface area contributed by atoms with Crippen molar-refractivity contribution < 1.29 is 4.79 Å². The molecule has 0 aliphatic heterocycles. The van der Waals surface area contributed by atoms with Gasteiger partial charge in [-0.25, -0.2) is 4.98 Å². The van der Waals surface area contributed by atoms with E-state index in [0.29, 0.717) is 11.3 Å². The number of carbonyl (C=O) groups excluding carboxylic acids is 1. The number of hydrogen-bond donors (Lipinski definition) is 1. The summed E-state index contributed by atoms with van der Waals surface area (Å²) in [7, 11) is 0. The van der Waals surface area contributed by atoms with E-state index in [-0.39, 0.29) is 24.1 Å². The molecule has 1 N–H and O–H groups in total. The molecule has 2 aromatic rings. The lowest BCUT2D eigenvalue weighted by Gasteiger charge is -2.29. The highest BCUT2D eigenvalue weighted by molar-refractivity contribution is 7.16. The number of aromatic nitrogens is 2. The zero-order chi connectivity index (χ0) is 14.8. The van der Waals surface area contributed by atoms with E-state index in [0.717, 1.165) is 24.1 Å². The van der Waals surface area contributed by atoms with E-state index in [1.165, 1.54) is 28.7 Å². The Morgan fingerprint density at radius 1 is 1.48 bits per heavy atom. The summed E-state index contributed by atoms with van der Waals surface area (Å²) < 4.78 is 1.39. The molecular weight excluding hydrogens is 286 g/mol. The SMILES string of the molecule is CC1CCCCC1NC(=O)Cn1cnc2sccc2c1=O. The van der Waals surface area contributed by atoms with E-state index >= 15 is 0 Å². The van der Waals surface area contributed by atoms with Gasteiger partial charge in [0.2, 0.25) is 5.91 Å². The van der Waals surface area contributed by atoms with Crippen molar-refractivity contribution in [1.29, 1.82) is 0 Å². The number of thiophene rings is 1. The zero-order valence-corrected chi connectivity index (χ0v) is 12.9. The van der Waals surface area contributed by atoms with Crippen LogP contribution < -0.4 is 10.9 Å². The summed E-state index contributed by atoms with van der Waals surface area (Å²) in [6.07, 6.45) is 6.06. The molecule has 21 heavy (non-hydrogen) atoms. The first-order valence-electron chi connectivity index (χ1n) is 7.37. The van der Waals surface area contributed by atoms with E-state index in [4.69, 9.17) is 0 Å². The molecular formula is C15H19N3O2S. The number of rotatable bonds is 3. The van der Waals surface area contributed by atoms with Crippen LogP contribution in [0.3, 0.4) is 0 Å². The van der Waals surface area contributed by atoms with Gasteiger partial charge < -0.3 is 5.32 Å². The van der Waals surface area contributed by atoms with Crippen LogP contribution in [0.5, 0.6) is 0 Å². The molecule has 0 radical (unpaired) electrons. The van der Waals surface area contributed by atoms with Gasteiger partial charge in [0.15, 0.2) is 0 Å². The van der Waals surface area contributed by atoms with E-state index in [1.54, 1.807) is 6.07 Å². The Labute approximate surface area is 127 Å². The van der Waals surface area contributed by atoms with Gasteiger partial charge in [0.05, 0.1) is 11.7 Å². The van der Waals surface area contributed by atoms with Crippen molar-refractivity contribution in [3.8, 4) is 0 Å². The molecule has 1 fully saturated rings. The average Bonchev–Trinajstić information content (AvgIpc) is 2.94. The van der Waals surface area contributed by atoms with Crippen molar-refractivity contribution in [2.24, 2.45) is 5.92 Å². The zero-order valence-electron chi connectivity index (χ0n) is 12.0. The molecule has 0 spiro atoms. The number of nitrogens with one attached hydrogen (secondary N) is 1. The summed E-state index contributed by atoms with van der Waals surface area (Å²) in [6, 6.07) is 1.99. The Balaban J connectivity index is 1.71. The highest BCUT2D eigenvalue weighted by atomic mass is 32.1. The monoisotopic (exact) mass is 305 g/mol.